The van der Waals surface area contributed by atoms with Crippen molar-refractivity contribution < 1.29 is 23.8 Å². The molecule has 0 saturated carbocycles. The number of anilines is 3. The summed E-state index contributed by atoms with van der Waals surface area (Å²) in [5.41, 5.74) is 4.37. The lowest BCUT2D eigenvalue weighted by atomic mass is 9.94. The van der Waals surface area contributed by atoms with Crippen LogP contribution >= 0.6 is 0 Å². The van der Waals surface area contributed by atoms with Crippen molar-refractivity contribution in [3.05, 3.63) is 101 Å². The smallest absolute Gasteiger partial charge is 0.261 e. The Hall–Kier alpha value is -5.25. The predicted molar refractivity (Wildman–Crippen MR) is 157 cm³/mol. The molecule has 10 heteroatoms. The zero-order valence-corrected chi connectivity index (χ0v) is 23.4. The van der Waals surface area contributed by atoms with Gasteiger partial charge in [-0.15, -0.1) is 0 Å². The van der Waals surface area contributed by atoms with Crippen molar-refractivity contribution in [1.29, 1.82) is 0 Å². The number of carbonyl (C=O) groups is 2. The number of aromatic nitrogens is 2. The zero-order chi connectivity index (χ0) is 29.1. The molecule has 0 bridgehead atoms. The molecule has 0 spiro atoms. The van der Waals surface area contributed by atoms with Crippen LogP contribution in [0.2, 0.25) is 0 Å². The van der Waals surface area contributed by atoms with Gasteiger partial charge < -0.3 is 30.2 Å². The van der Waals surface area contributed by atoms with Crippen LogP contribution in [-0.2, 0) is 4.79 Å². The van der Waals surface area contributed by atoms with Crippen LogP contribution in [0.25, 0.3) is 0 Å². The molecule has 0 aliphatic carbocycles. The first-order valence-electron chi connectivity index (χ1n) is 12.9. The molecule has 1 atom stereocenters. The Kier molecular flexibility index (Phi) is 7.64. The van der Waals surface area contributed by atoms with E-state index in [9.17, 15) is 9.59 Å². The van der Waals surface area contributed by atoms with Crippen molar-refractivity contribution in [2.24, 2.45) is 0 Å². The van der Waals surface area contributed by atoms with E-state index in [4.69, 9.17) is 14.2 Å². The molecule has 1 aliphatic heterocycles. The molecular weight excluding hydrogens is 522 g/mol. The summed E-state index contributed by atoms with van der Waals surface area (Å²) in [6, 6.07) is 19.4. The van der Waals surface area contributed by atoms with Crippen LogP contribution in [0.15, 0.2) is 84.2 Å². The van der Waals surface area contributed by atoms with Gasteiger partial charge in [-0.1, -0.05) is 18.2 Å². The minimum absolute atomic E-state index is 0.325. The highest BCUT2D eigenvalue weighted by Crippen LogP contribution is 2.40. The minimum atomic E-state index is -0.676. The molecule has 41 heavy (non-hydrogen) atoms. The van der Waals surface area contributed by atoms with Gasteiger partial charge in [0.1, 0.15) is 23.2 Å². The molecule has 210 valence electrons. The van der Waals surface area contributed by atoms with Crippen LogP contribution in [-0.4, -0.2) is 42.9 Å². The summed E-state index contributed by atoms with van der Waals surface area (Å²) < 4.78 is 17.8. The van der Waals surface area contributed by atoms with Crippen LogP contribution in [0.4, 0.5) is 17.2 Å². The fraction of sp³-hybridized carbons (Fsp3) is 0.194. The number of amides is 2. The van der Waals surface area contributed by atoms with E-state index in [1.54, 1.807) is 69.3 Å². The molecule has 4 aromatic rings. The Morgan fingerprint density at radius 1 is 0.829 bits per heavy atom. The van der Waals surface area contributed by atoms with E-state index in [0.717, 1.165) is 11.1 Å². The van der Waals surface area contributed by atoms with Crippen LogP contribution in [0.5, 0.6) is 17.2 Å². The largest absolute Gasteiger partial charge is 0.497 e. The third-order valence-electron chi connectivity index (χ3n) is 6.86. The Balaban J connectivity index is 1.56. The third kappa shape index (κ3) is 5.44. The van der Waals surface area contributed by atoms with E-state index in [-0.39, 0.29) is 11.8 Å². The van der Waals surface area contributed by atoms with E-state index in [1.807, 2.05) is 37.3 Å². The summed E-state index contributed by atoms with van der Waals surface area (Å²) in [6.45, 7) is 3.76. The number of nitrogens with one attached hydrogen (secondary N) is 3. The number of rotatable bonds is 8. The van der Waals surface area contributed by atoms with Crippen LogP contribution in [0.3, 0.4) is 0 Å². The molecule has 0 saturated heterocycles. The average molecular weight is 554 g/mol. The van der Waals surface area contributed by atoms with Crippen LogP contribution in [0.1, 0.15) is 34.5 Å². The highest BCUT2D eigenvalue weighted by molar-refractivity contribution is 6.09. The first kappa shape index (κ1) is 27.3. The van der Waals surface area contributed by atoms with Gasteiger partial charge in [0.25, 0.3) is 11.8 Å². The summed E-state index contributed by atoms with van der Waals surface area (Å²) in [5, 5.41) is 13.7. The second-order valence-corrected chi connectivity index (χ2v) is 9.54. The first-order chi connectivity index (χ1) is 19.8. The number of aryl methyl sites for hydroxylation is 1. The number of hydrogen-bond acceptors (Lipinski definition) is 7. The maximum atomic E-state index is 13.8. The van der Waals surface area contributed by atoms with Gasteiger partial charge in [0, 0.05) is 17.1 Å². The van der Waals surface area contributed by atoms with Gasteiger partial charge in [-0.25, -0.2) is 4.68 Å². The third-order valence-corrected chi connectivity index (χ3v) is 6.86. The normalized spacial score (nSPS) is 14.0. The summed E-state index contributed by atoms with van der Waals surface area (Å²) in [6.07, 6.45) is 1.50. The van der Waals surface area contributed by atoms with Crippen LogP contribution < -0.4 is 30.2 Å². The number of ether oxygens (including phenoxy) is 3. The molecule has 1 aliphatic rings. The van der Waals surface area contributed by atoms with E-state index in [1.165, 1.54) is 6.20 Å². The Bertz CT molecular complexity index is 1640. The second kappa shape index (κ2) is 11.5. The monoisotopic (exact) mass is 553 g/mol. The summed E-state index contributed by atoms with van der Waals surface area (Å²) >= 11 is 0. The second-order valence-electron chi connectivity index (χ2n) is 9.54. The molecule has 1 aromatic heterocycles. The quantitative estimate of drug-likeness (QED) is 0.268. The van der Waals surface area contributed by atoms with Crippen molar-refractivity contribution in [3.63, 3.8) is 0 Å². The maximum absolute atomic E-state index is 13.8. The zero-order valence-electron chi connectivity index (χ0n) is 23.4. The summed E-state index contributed by atoms with van der Waals surface area (Å²) in [4.78, 5) is 27.2. The van der Waals surface area contributed by atoms with Gasteiger partial charge >= 0.3 is 0 Å². The lowest BCUT2D eigenvalue weighted by Crippen LogP contribution is -2.32. The minimum Gasteiger partial charge on any atom is -0.497 e. The molecular formula is C31H31N5O5. The molecule has 5 rings (SSSR count). The summed E-state index contributed by atoms with van der Waals surface area (Å²) in [7, 11) is 4.69. The number of hydrogen-bond donors (Lipinski definition) is 3. The highest BCUT2D eigenvalue weighted by Gasteiger charge is 2.36. The fourth-order valence-electron chi connectivity index (χ4n) is 4.84. The molecule has 0 unspecified atom stereocenters. The molecule has 2 heterocycles. The molecule has 0 fully saturated rings. The van der Waals surface area contributed by atoms with Crippen molar-refractivity contribution >= 4 is 29.0 Å². The number of carbonyl (C=O) groups excluding carboxylic acids is 2. The summed E-state index contributed by atoms with van der Waals surface area (Å²) in [5.74, 6) is 1.55. The first-order valence-corrected chi connectivity index (χ1v) is 12.9. The van der Waals surface area contributed by atoms with Gasteiger partial charge in [-0.3, -0.25) is 9.59 Å². The van der Waals surface area contributed by atoms with Gasteiger partial charge in [-0.2, -0.15) is 5.10 Å². The average Bonchev–Trinajstić information content (AvgIpc) is 3.40. The Labute approximate surface area is 237 Å². The van der Waals surface area contributed by atoms with Crippen molar-refractivity contribution in [2.45, 2.75) is 19.9 Å². The van der Waals surface area contributed by atoms with Crippen molar-refractivity contribution in [1.82, 2.24) is 9.78 Å². The molecule has 3 aromatic carbocycles. The Morgan fingerprint density at radius 3 is 2.24 bits per heavy atom. The number of methoxy groups -OCH3 is 3. The van der Waals surface area contributed by atoms with E-state index in [0.29, 0.717) is 51.3 Å². The number of nitrogens with zero attached hydrogens (tertiary/aromatic N) is 2. The predicted octanol–water partition coefficient (Wildman–Crippen LogP) is 5.40. The lowest BCUT2D eigenvalue weighted by Gasteiger charge is -2.30. The van der Waals surface area contributed by atoms with Gasteiger partial charge in [0.05, 0.1) is 33.1 Å². The van der Waals surface area contributed by atoms with Crippen LogP contribution in [0, 0.1) is 6.92 Å². The standard InChI is InChI=1S/C31H31N5O5/c1-18-7-6-8-22(15-18)35-30(37)24-17-32-36-28(20-9-14-25(40-4)26(16-20)41-5)27(19(2)33-29(24)36)31(38)34-21-10-12-23(39-3)13-11-21/h6-17,28,33H,1-5H3,(H,34,38)(H,35,37)/t28-/m1/s1. The molecule has 2 amide bonds. The lowest BCUT2D eigenvalue weighted by molar-refractivity contribution is -0.113. The number of fused-ring (bicyclic) bond motifs is 1. The van der Waals surface area contributed by atoms with E-state index < -0.39 is 6.04 Å². The van der Waals surface area contributed by atoms with Crippen molar-refractivity contribution in [3.8, 4) is 17.2 Å². The Morgan fingerprint density at radius 2 is 1.56 bits per heavy atom. The number of allylic oxidation sites excluding steroid dienone is 1. The number of benzene rings is 3. The van der Waals surface area contributed by atoms with Crippen molar-refractivity contribution in [2.75, 3.05) is 37.3 Å². The SMILES string of the molecule is COc1ccc(NC(=O)C2=C(C)Nc3c(C(=O)Nc4cccc(C)c4)cnn3[C@@H]2c2ccc(OC)c(OC)c2)cc1. The topological polar surface area (TPSA) is 116 Å². The fourth-order valence-corrected chi connectivity index (χ4v) is 4.84. The van der Waals surface area contributed by atoms with E-state index >= 15 is 0 Å². The van der Waals surface area contributed by atoms with Gasteiger partial charge in [0.15, 0.2) is 11.5 Å². The molecule has 10 nitrogen and oxygen atoms in total. The van der Waals surface area contributed by atoms with Gasteiger partial charge in [0.2, 0.25) is 0 Å². The van der Waals surface area contributed by atoms with Gasteiger partial charge in [-0.05, 0) is 73.5 Å². The maximum Gasteiger partial charge on any atom is 0.261 e. The highest BCUT2D eigenvalue weighted by atomic mass is 16.5. The molecule has 0 radical (unpaired) electrons. The molecule has 3 N–H and O–H groups in total. The van der Waals surface area contributed by atoms with E-state index in [2.05, 4.69) is 21.0 Å².